The number of nitrogens with one attached hydrogen (secondary N) is 1. The standard InChI is InChI=1S/C24H20FN3O4/c1-32-20-7-6-13(8-15(20)25)9-17-24-22(14-4-2-3-5-16(14)27-24)23-18(26-17)10-28(11-19(23)30)21(31)12-29/h2-8,27,29H,9-12H2,1H3. The lowest BCUT2D eigenvalue weighted by Gasteiger charge is -2.27. The summed E-state index contributed by atoms with van der Waals surface area (Å²) in [4.78, 5) is 34.5. The minimum absolute atomic E-state index is 0.105. The number of aliphatic hydroxyl groups excluding tert-OH is 1. The van der Waals surface area contributed by atoms with Crippen molar-refractivity contribution in [2.75, 3.05) is 20.3 Å². The summed E-state index contributed by atoms with van der Waals surface area (Å²) in [6, 6.07) is 12.4. The minimum Gasteiger partial charge on any atom is -0.494 e. The molecule has 0 radical (unpaired) electrons. The van der Waals surface area contributed by atoms with Gasteiger partial charge < -0.3 is 19.7 Å². The lowest BCUT2D eigenvalue weighted by molar-refractivity contribution is -0.134. The second kappa shape index (κ2) is 7.72. The molecule has 0 atom stereocenters. The van der Waals surface area contributed by atoms with E-state index in [1.807, 2.05) is 24.3 Å². The van der Waals surface area contributed by atoms with E-state index in [1.54, 1.807) is 12.1 Å². The number of aromatic amines is 1. The third-order valence-electron chi connectivity index (χ3n) is 5.83. The summed E-state index contributed by atoms with van der Waals surface area (Å²) in [6.07, 6.45) is 0.319. The lowest BCUT2D eigenvalue weighted by Crippen LogP contribution is -2.41. The number of halogens is 1. The van der Waals surface area contributed by atoms with Gasteiger partial charge in [0.05, 0.1) is 42.7 Å². The molecular formula is C24H20FN3O4. The minimum atomic E-state index is -0.671. The molecule has 2 aromatic carbocycles. The Balaban J connectivity index is 1.71. The summed E-state index contributed by atoms with van der Waals surface area (Å²) in [5, 5.41) is 10.9. The lowest BCUT2D eigenvalue weighted by atomic mass is 9.95. The van der Waals surface area contributed by atoms with Crippen LogP contribution in [0.1, 0.15) is 27.3 Å². The number of aromatic nitrogens is 2. The summed E-state index contributed by atoms with van der Waals surface area (Å²) in [6.45, 7) is -0.651. The number of methoxy groups -OCH3 is 1. The van der Waals surface area contributed by atoms with Crippen molar-refractivity contribution in [2.24, 2.45) is 0 Å². The number of rotatable bonds is 4. The molecule has 0 saturated carbocycles. The number of H-pyrrole nitrogens is 1. The first-order chi connectivity index (χ1) is 15.5. The zero-order chi connectivity index (χ0) is 22.4. The fraction of sp³-hybridized carbons (Fsp3) is 0.208. The summed E-state index contributed by atoms with van der Waals surface area (Å²) in [5.41, 5.74) is 3.89. The number of hydrogen-bond donors (Lipinski definition) is 2. The quantitative estimate of drug-likeness (QED) is 0.516. The van der Waals surface area contributed by atoms with Gasteiger partial charge in [0.1, 0.15) is 6.61 Å². The van der Waals surface area contributed by atoms with Gasteiger partial charge in [-0.25, -0.2) is 4.39 Å². The van der Waals surface area contributed by atoms with Crippen LogP contribution in [0.25, 0.3) is 21.8 Å². The van der Waals surface area contributed by atoms with Crippen molar-refractivity contribution in [2.45, 2.75) is 13.0 Å². The smallest absolute Gasteiger partial charge is 0.249 e. The van der Waals surface area contributed by atoms with Crippen LogP contribution in [0, 0.1) is 5.82 Å². The molecule has 3 heterocycles. The Morgan fingerprint density at radius 2 is 2.06 bits per heavy atom. The van der Waals surface area contributed by atoms with Crippen molar-refractivity contribution in [3.05, 3.63) is 70.8 Å². The summed E-state index contributed by atoms with van der Waals surface area (Å²) in [5.74, 6) is -1.06. The average molecular weight is 433 g/mol. The normalized spacial score (nSPS) is 13.6. The maximum absolute atomic E-state index is 14.3. The average Bonchev–Trinajstić information content (AvgIpc) is 3.18. The van der Waals surface area contributed by atoms with E-state index in [4.69, 9.17) is 9.72 Å². The van der Waals surface area contributed by atoms with Crippen molar-refractivity contribution in [1.82, 2.24) is 14.9 Å². The fourth-order valence-corrected chi connectivity index (χ4v) is 4.36. The van der Waals surface area contributed by atoms with E-state index in [1.165, 1.54) is 18.1 Å². The number of pyridine rings is 1. The highest BCUT2D eigenvalue weighted by atomic mass is 19.1. The summed E-state index contributed by atoms with van der Waals surface area (Å²) < 4.78 is 19.3. The number of aliphatic hydroxyl groups is 1. The molecule has 0 saturated heterocycles. The monoisotopic (exact) mass is 433 g/mol. The van der Waals surface area contributed by atoms with Crippen molar-refractivity contribution < 1.29 is 23.8 Å². The molecule has 0 aliphatic carbocycles. The highest BCUT2D eigenvalue weighted by Crippen LogP contribution is 2.35. The largest absolute Gasteiger partial charge is 0.494 e. The second-order valence-corrected chi connectivity index (χ2v) is 7.78. The maximum Gasteiger partial charge on any atom is 0.249 e. The van der Waals surface area contributed by atoms with Crippen LogP contribution < -0.4 is 4.74 Å². The van der Waals surface area contributed by atoms with Gasteiger partial charge in [-0.05, 0) is 23.8 Å². The van der Waals surface area contributed by atoms with Crippen molar-refractivity contribution in [3.63, 3.8) is 0 Å². The van der Waals surface area contributed by atoms with E-state index in [9.17, 15) is 19.1 Å². The molecule has 1 aliphatic rings. The number of carbonyl (C=O) groups excluding carboxylic acids is 2. The Bertz CT molecular complexity index is 1400. The van der Waals surface area contributed by atoms with E-state index in [2.05, 4.69) is 4.98 Å². The van der Waals surface area contributed by atoms with Gasteiger partial charge in [0.25, 0.3) is 0 Å². The highest BCUT2D eigenvalue weighted by Gasteiger charge is 2.31. The third-order valence-corrected chi connectivity index (χ3v) is 5.83. The first-order valence-corrected chi connectivity index (χ1v) is 10.2. The Kier molecular flexibility index (Phi) is 4.86. The number of benzene rings is 2. The number of nitrogens with zero attached hydrogens (tertiary/aromatic N) is 2. The van der Waals surface area contributed by atoms with E-state index in [-0.39, 0.29) is 24.6 Å². The van der Waals surface area contributed by atoms with Crippen molar-refractivity contribution >= 4 is 33.5 Å². The zero-order valence-electron chi connectivity index (χ0n) is 17.3. The number of para-hydroxylation sites is 1. The SMILES string of the molecule is COc1ccc(Cc2nc3c(c4c2[nH]c2ccccc24)C(=O)CN(C(=O)CO)C3)cc1F. The number of carbonyl (C=O) groups is 2. The third kappa shape index (κ3) is 3.20. The molecule has 1 amide bonds. The highest BCUT2D eigenvalue weighted by molar-refractivity contribution is 6.20. The van der Waals surface area contributed by atoms with Gasteiger partial charge in [-0.1, -0.05) is 24.3 Å². The van der Waals surface area contributed by atoms with Crippen LogP contribution in [0.15, 0.2) is 42.5 Å². The molecule has 0 fully saturated rings. The molecule has 0 unspecified atom stereocenters. The second-order valence-electron chi connectivity index (χ2n) is 7.78. The number of ketones is 1. The molecular weight excluding hydrogens is 413 g/mol. The zero-order valence-corrected chi connectivity index (χ0v) is 17.3. The van der Waals surface area contributed by atoms with Crippen LogP contribution in [0.4, 0.5) is 4.39 Å². The van der Waals surface area contributed by atoms with Gasteiger partial charge in [-0.15, -0.1) is 0 Å². The summed E-state index contributed by atoms with van der Waals surface area (Å²) in [7, 11) is 1.41. The molecule has 2 N–H and O–H groups in total. The van der Waals surface area contributed by atoms with Crippen molar-refractivity contribution in [1.29, 1.82) is 0 Å². The van der Waals surface area contributed by atoms with Gasteiger partial charge in [0, 0.05) is 22.7 Å². The maximum atomic E-state index is 14.3. The van der Waals surface area contributed by atoms with E-state index in [0.29, 0.717) is 28.9 Å². The number of Topliss-reactive ketones (excluding diaryl/α,β-unsaturated/α-hetero) is 1. The van der Waals surface area contributed by atoms with E-state index >= 15 is 0 Å². The first kappa shape index (κ1) is 20.1. The van der Waals surface area contributed by atoms with Crippen LogP contribution in [0.5, 0.6) is 5.75 Å². The Morgan fingerprint density at radius 1 is 1.25 bits per heavy atom. The molecule has 8 heteroatoms. The Hall–Kier alpha value is -3.78. The van der Waals surface area contributed by atoms with Gasteiger partial charge in [-0.2, -0.15) is 0 Å². The number of amides is 1. The van der Waals surface area contributed by atoms with E-state index in [0.717, 1.165) is 21.8 Å². The predicted octanol–water partition coefficient (Wildman–Crippen LogP) is 2.97. The fourth-order valence-electron chi connectivity index (χ4n) is 4.36. The van der Waals surface area contributed by atoms with Crippen LogP contribution in [-0.4, -0.2) is 51.9 Å². The number of hydrogen-bond acceptors (Lipinski definition) is 5. The van der Waals surface area contributed by atoms with Crippen LogP contribution in [-0.2, 0) is 17.8 Å². The molecule has 32 heavy (non-hydrogen) atoms. The Morgan fingerprint density at radius 3 is 2.81 bits per heavy atom. The molecule has 5 rings (SSSR count). The number of fused-ring (bicyclic) bond motifs is 5. The van der Waals surface area contributed by atoms with Gasteiger partial charge in [0.2, 0.25) is 5.91 Å². The molecule has 7 nitrogen and oxygen atoms in total. The van der Waals surface area contributed by atoms with Crippen LogP contribution in [0.2, 0.25) is 0 Å². The molecule has 0 bridgehead atoms. The summed E-state index contributed by atoms with van der Waals surface area (Å²) >= 11 is 0. The van der Waals surface area contributed by atoms with Crippen LogP contribution >= 0.6 is 0 Å². The van der Waals surface area contributed by atoms with Crippen LogP contribution in [0.3, 0.4) is 0 Å². The predicted molar refractivity (Wildman–Crippen MR) is 116 cm³/mol. The van der Waals surface area contributed by atoms with E-state index < -0.39 is 18.3 Å². The molecule has 2 aromatic heterocycles. The van der Waals surface area contributed by atoms with Gasteiger partial charge in [-0.3, -0.25) is 14.6 Å². The number of ether oxygens (including phenoxy) is 1. The Labute approximate surface area is 182 Å². The topological polar surface area (TPSA) is 95.5 Å². The first-order valence-electron chi connectivity index (χ1n) is 10.2. The molecule has 4 aromatic rings. The van der Waals surface area contributed by atoms with Gasteiger partial charge >= 0.3 is 0 Å². The molecule has 1 aliphatic heterocycles. The molecule has 0 spiro atoms. The van der Waals surface area contributed by atoms with Crippen molar-refractivity contribution in [3.8, 4) is 5.75 Å². The van der Waals surface area contributed by atoms with Gasteiger partial charge in [0.15, 0.2) is 17.3 Å². The molecule has 162 valence electrons.